The van der Waals surface area contributed by atoms with Gasteiger partial charge < -0.3 is 4.18 Å². The summed E-state index contributed by atoms with van der Waals surface area (Å²) in [5.41, 5.74) is 3.89. The molecule has 25 heavy (non-hydrogen) atoms. The maximum absolute atomic E-state index is 12.1. The van der Waals surface area contributed by atoms with Crippen LogP contribution in [0.2, 0.25) is 0 Å². The van der Waals surface area contributed by atoms with Gasteiger partial charge in [0.05, 0.1) is 5.75 Å². The SMILES string of the molecule is Cc1cccc(-c2cccc(OS(=O)(=O)CCCC(F)(F)F)c2)c1C. The predicted octanol–water partition coefficient (Wildman–Crippen LogP) is 5.02. The molecule has 2 aromatic carbocycles. The summed E-state index contributed by atoms with van der Waals surface area (Å²) in [6.45, 7) is 3.94. The van der Waals surface area contributed by atoms with E-state index in [2.05, 4.69) is 0 Å². The zero-order valence-corrected chi connectivity index (χ0v) is 14.7. The summed E-state index contributed by atoms with van der Waals surface area (Å²) in [6, 6.07) is 12.3. The number of rotatable bonds is 6. The first-order valence-corrected chi connectivity index (χ1v) is 9.31. The molecule has 0 aliphatic rings. The van der Waals surface area contributed by atoms with E-state index >= 15 is 0 Å². The zero-order chi connectivity index (χ0) is 18.7. The van der Waals surface area contributed by atoms with Crippen LogP contribution in [0.4, 0.5) is 13.2 Å². The summed E-state index contributed by atoms with van der Waals surface area (Å²) in [5.74, 6) is -0.592. The molecule has 2 rings (SSSR count). The Morgan fingerprint density at radius 2 is 1.72 bits per heavy atom. The molecule has 2 aromatic rings. The predicted molar refractivity (Wildman–Crippen MR) is 91.1 cm³/mol. The molecule has 0 aliphatic carbocycles. The van der Waals surface area contributed by atoms with Gasteiger partial charge in [0.2, 0.25) is 0 Å². The third kappa shape index (κ3) is 5.77. The van der Waals surface area contributed by atoms with Gasteiger partial charge in [-0.25, -0.2) is 0 Å². The van der Waals surface area contributed by atoms with Crippen LogP contribution in [-0.4, -0.2) is 20.3 Å². The second-order valence-corrected chi connectivity index (χ2v) is 7.53. The molecular weight excluding hydrogens is 353 g/mol. The molecule has 0 aliphatic heterocycles. The van der Waals surface area contributed by atoms with Crippen LogP contribution in [0.1, 0.15) is 24.0 Å². The van der Waals surface area contributed by atoms with Crippen LogP contribution in [0.3, 0.4) is 0 Å². The highest BCUT2D eigenvalue weighted by Gasteiger charge is 2.27. The molecule has 0 saturated heterocycles. The number of hydrogen-bond acceptors (Lipinski definition) is 3. The van der Waals surface area contributed by atoms with Crippen LogP contribution in [0.25, 0.3) is 11.1 Å². The van der Waals surface area contributed by atoms with Gasteiger partial charge in [0.1, 0.15) is 5.75 Å². The van der Waals surface area contributed by atoms with Crippen molar-refractivity contribution in [2.45, 2.75) is 32.9 Å². The topological polar surface area (TPSA) is 43.4 Å². The van der Waals surface area contributed by atoms with Crippen molar-refractivity contribution >= 4 is 10.1 Å². The number of alkyl halides is 3. The fourth-order valence-corrected chi connectivity index (χ4v) is 3.40. The van der Waals surface area contributed by atoms with Crippen LogP contribution in [0.15, 0.2) is 42.5 Å². The number of benzene rings is 2. The van der Waals surface area contributed by atoms with E-state index < -0.39 is 34.9 Å². The summed E-state index contributed by atoms with van der Waals surface area (Å²) in [7, 11) is -4.07. The monoisotopic (exact) mass is 372 g/mol. The van der Waals surface area contributed by atoms with Crippen LogP contribution in [0, 0.1) is 13.8 Å². The van der Waals surface area contributed by atoms with Crippen molar-refractivity contribution in [1.82, 2.24) is 0 Å². The van der Waals surface area contributed by atoms with Crippen LogP contribution < -0.4 is 4.18 Å². The van der Waals surface area contributed by atoms with Gasteiger partial charge in [-0.15, -0.1) is 0 Å². The molecule has 3 nitrogen and oxygen atoms in total. The van der Waals surface area contributed by atoms with Crippen molar-refractivity contribution in [3.8, 4) is 16.9 Å². The fraction of sp³-hybridized carbons (Fsp3) is 0.333. The average molecular weight is 372 g/mol. The van der Waals surface area contributed by atoms with Crippen molar-refractivity contribution in [3.63, 3.8) is 0 Å². The smallest absolute Gasteiger partial charge is 0.382 e. The van der Waals surface area contributed by atoms with Gasteiger partial charge >= 0.3 is 16.3 Å². The standard InChI is InChI=1S/C18H19F3O3S/c1-13-6-3-9-17(14(13)2)15-7-4-8-16(12-15)24-25(22,23)11-5-10-18(19,20)21/h3-4,6-9,12H,5,10-11H2,1-2H3. The third-order valence-electron chi connectivity index (χ3n) is 3.83. The van der Waals surface area contributed by atoms with Gasteiger partial charge in [-0.05, 0) is 54.7 Å². The molecule has 0 unspecified atom stereocenters. The second kappa shape index (κ2) is 7.47. The maximum Gasteiger partial charge on any atom is 0.389 e. The van der Waals surface area contributed by atoms with Gasteiger partial charge in [0.25, 0.3) is 0 Å². The van der Waals surface area contributed by atoms with E-state index in [1.165, 1.54) is 6.07 Å². The zero-order valence-electron chi connectivity index (χ0n) is 13.9. The van der Waals surface area contributed by atoms with Gasteiger partial charge in [0, 0.05) is 6.42 Å². The van der Waals surface area contributed by atoms with E-state index in [-0.39, 0.29) is 5.75 Å². The average Bonchev–Trinajstić information content (AvgIpc) is 2.48. The van der Waals surface area contributed by atoms with E-state index in [9.17, 15) is 21.6 Å². The Kier molecular flexibility index (Phi) is 5.77. The molecular formula is C18H19F3O3S. The summed E-state index contributed by atoms with van der Waals surface area (Å²) in [6.07, 6.45) is -6.06. The Morgan fingerprint density at radius 1 is 1.04 bits per heavy atom. The lowest BCUT2D eigenvalue weighted by Gasteiger charge is -2.11. The normalized spacial score (nSPS) is 12.2. The molecule has 0 saturated carbocycles. The van der Waals surface area contributed by atoms with Crippen molar-refractivity contribution in [2.24, 2.45) is 0 Å². The largest absolute Gasteiger partial charge is 0.389 e. The van der Waals surface area contributed by atoms with Gasteiger partial charge in [-0.3, -0.25) is 0 Å². The highest BCUT2D eigenvalue weighted by Crippen LogP contribution is 2.29. The van der Waals surface area contributed by atoms with Gasteiger partial charge in [0.15, 0.2) is 0 Å². The first-order valence-electron chi connectivity index (χ1n) is 7.73. The van der Waals surface area contributed by atoms with Crippen molar-refractivity contribution in [2.75, 3.05) is 5.75 Å². The van der Waals surface area contributed by atoms with E-state index in [0.717, 1.165) is 22.3 Å². The van der Waals surface area contributed by atoms with E-state index in [4.69, 9.17) is 4.18 Å². The number of aryl methyl sites for hydroxylation is 1. The van der Waals surface area contributed by atoms with Crippen molar-refractivity contribution in [1.29, 1.82) is 0 Å². The first-order chi connectivity index (χ1) is 11.6. The van der Waals surface area contributed by atoms with Gasteiger partial charge in [-0.1, -0.05) is 30.3 Å². The lowest BCUT2D eigenvalue weighted by atomic mass is 9.97. The molecule has 0 spiro atoms. The minimum absolute atomic E-state index is 0.0883. The Balaban J connectivity index is 2.15. The molecule has 0 fully saturated rings. The summed E-state index contributed by atoms with van der Waals surface area (Å²) in [5, 5.41) is 0. The molecule has 7 heteroatoms. The summed E-state index contributed by atoms with van der Waals surface area (Å²) < 4.78 is 65.1. The maximum atomic E-state index is 12.1. The molecule has 0 bridgehead atoms. The van der Waals surface area contributed by atoms with E-state index in [1.807, 2.05) is 38.1 Å². The quantitative estimate of drug-likeness (QED) is 0.669. The highest BCUT2D eigenvalue weighted by molar-refractivity contribution is 7.87. The minimum atomic E-state index is -4.38. The molecule has 0 aromatic heterocycles. The van der Waals surface area contributed by atoms with Crippen LogP contribution >= 0.6 is 0 Å². The molecule has 136 valence electrons. The fourth-order valence-electron chi connectivity index (χ4n) is 2.42. The number of hydrogen-bond donors (Lipinski definition) is 0. The summed E-state index contributed by atoms with van der Waals surface area (Å²) in [4.78, 5) is 0. The Labute approximate surface area is 145 Å². The molecule has 0 heterocycles. The molecule has 0 radical (unpaired) electrons. The van der Waals surface area contributed by atoms with Gasteiger partial charge in [-0.2, -0.15) is 21.6 Å². The Morgan fingerprint density at radius 3 is 2.40 bits per heavy atom. The molecule has 0 amide bonds. The Hall–Kier alpha value is -2.02. The van der Waals surface area contributed by atoms with Crippen LogP contribution in [-0.2, 0) is 10.1 Å². The number of halogens is 3. The molecule has 0 N–H and O–H groups in total. The Bertz CT molecular complexity index is 843. The van der Waals surface area contributed by atoms with Crippen LogP contribution in [0.5, 0.6) is 5.75 Å². The van der Waals surface area contributed by atoms with E-state index in [0.29, 0.717) is 0 Å². The van der Waals surface area contributed by atoms with E-state index in [1.54, 1.807) is 12.1 Å². The van der Waals surface area contributed by atoms with Crippen molar-refractivity contribution < 1.29 is 25.8 Å². The third-order valence-corrected chi connectivity index (χ3v) is 5.06. The second-order valence-electron chi connectivity index (χ2n) is 5.84. The highest BCUT2D eigenvalue weighted by atomic mass is 32.2. The molecule has 0 atom stereocenters. The minimum Gasteiger partial charge on any atom is -0.382 e. The van der Waals surface area contributed by atoms with Crippen molar-refractivity contribution in [3.05, 3.63) is 53.6 Å². The lowest BCUT2D eigenvalue weighted by Crippen LogP contribution is -2.16. The summed E-state index contributed by atoms with van der Waals surface area (Å²) >= 11 is 0. The lowest BCUT2D eigenvalue weighted by molar-refractivity contribution is -0.134. The first kappa shape index (κ1) is 19.3.